The van der Waals surface area contributed by atoms with Gasteiger partial charge in [0.25, 0.3) is 0 Å². The van der Waals surface area contributed by atoms with Crippen LogP contribution in [0, 0.1) is 17.8 Å². The van der Waals surface area contributed by atoms with E-state index in [1.54, 1.807) is 0 Å². The van der Waals surface area contributed by atoms with Crippen LogP contribution in [-0.4, -0.2) is 18.1 Å². The molecule has 0 heterocycles. The first kappa shape index (κ1) is 10.6. The predicted octanol–water partition coefficient (Wildman–Crippen LogP) is 1.85. The molecule has 0 saturated heterocycles. The maximum atomic E-state index is 11.6. The molecule has 4 rings (SSSR count). The molecule has 0 aliphatic heterocycles. The Hall–Kier alpha value is -0.570. The van der Waals surface area contributed by atoms with Gasteiger partial charge in [-0.05, 0) is 56.3 Å². The molecule has 0 amide bonds. The maximum absolute atomic E-state index is 11.6. The molecular formula is C13H21NO2. The van der Waals surface area contributed by atoms with Crippen molar-refractivity contribution in [2.75, 3.05) is 6.54 Å². The van der Waals surface area contributed by atoms with E-state index in [-0.39, 0.29) is 11.6 Å². The molecule has 4 aliphatic carbocycles. The highest BCUT2D eigenvalue weighted by Gasteiger charge is 2.53. The quantitative estimate of drug-likeness (QED) is 0.743. The van der Waals surface area contributed by atoms with Crippen molar-refractivity contribution in [3.05, 3.63) is 0 Å². The largest absolute Gasteiger partial charge is 0.459 e. The lowest BCUT2D eigenvalue weighted by molar-refractivity contribution is -0.186. The van der Waals surface area contributed by atoms with Gasteiger partial charge in [0.2, 0.25) is 0 Å². The van der Waals surface area contributed by atoms with Crippen molar-refractivity contribution < 1.29 is 9.53 Å². The lowest BCUT2D eigenvalue weighted by Crippen LogP contribution is -2.52. The third-order valence-corrected chi connectivity index (χ3v) is 4.66. The summed E-state index contributed by atoms with van der Waals surface area (Å²) in [4.78, 5) is 11.6. The summed E-state index contributed by atoms with van der Waals surface area (Å²) in [6, 6.07) is 0. The average Bonchev–Trinajstić information content (AvgIpc) is 2.13. The highest BCUT2D eigenvalue weighted by molar-refractivity contribution is 5.70. The zero-order chi connectivity index (χ0) is 11.2. The Morgan fingerprint density at radius 3 is 2.06 bits per heavy atom. The molecule has 4 fully saturated rings. The molecule has 0 radical (unpaired) electrons. The fourth-order valence-electron chi connectivity index (χ4n) is 4.57. The summed E-state index contributed by atoms with van der Waals surface area (Å²) in [6.07, 6.45) is 7.89. The summed E-state index contributed by atoms with van der Waals surface area (Å²) in [5, 5.41) is 0. The molecule has 0 aromatic carbocycles. The van der Waals surface area contributed by atoms with Crippen LogP contribution in [0.15, 0.2) is 0 Å². The minimum atomic E-state index is -0.0823. The van der Waals surface area contributed by atoms with Gasteiger partial charge in [-0.15, -0.1) is 0 Å². The van der Waals surface area contributed by atoms with Crippen molar-refractivity contribution in [1.29, 1.82) is 0 Å². The second-order valence-corrected chi connectivity index (χ2v) is 6.11. The van der Waals surface area contributed by atoms with Crippen molar-refractivity contribution in [3.8, 4) is 0 Å². The van der Waals surface area contributed by atoms with Gasteiger partial charge in [-0.3, -0.25) is 4.79 Å². The topological polar surface area (TPSA) is 52.3 Å². The molecule has 90 valence electrons. The lowest BCUT2D eigenvalue weighted by atomic mass is 9.54. The van der Waals surface area contributed by atoms with Gasteiger partial charge in [0.05, 0.1) is 6.42 Å². The molecular weight excluding hydrogens is 202 g/mol. The number of hydrogen-bond acceptors (Lipinski definition) is 3. The Kier molecular flexibility index (Phi) is 2.46. The van der Waals surface area contributed by atoms with Crippen molar-refractivity contribution in [3.63, 3.8) is 0 Å². The van der Waals surface area contributed by atoms with Crippen LogP contribution in [0.1, 0.15) is 44.9 Å². The predicted molar refractivity (Wildman–Crippen MR) is 60.7 cm³/mol. The minimum Gasteiger partial charge on any atom is -0.459 e. The minimum absolute atomic E-state index is 0.0792. The molecule has 4 bridgehead atoms. The van der Waals surface area contributed by atoms with Crippen LogP contribution < -0.4 is 5.73 Å². The van der Waals surface area contributed by atoms with Gasteiger partial charge in [0.1, 0.15) is 5.60 Å². The first-order valence-electron chi connectivity index (χ1n) is 6.61. The summed E-state index contributed by atoms with van der Waals surface area (Å²) in [7, 11) is 0. The second kappa shape index (κ2) is 3.73. The molecule has 0 unspecified atom stereocenters. The van der Waals surface area contributed by atoms with E-state index in [2.05, 4.69) is 0 Å². The summed E-state index contributed by atoms with van der Waals surface area (Å²) in [5.41, 5.74) is 5.31. The summed E-state index contributed by atoms with van der Waals surface area (Å²) in [5.74, 6) is 2.41. The Labute approximate surface area is 96.7 Å². The van der Waals surface area contributed by atoms with Gasteiger partial charge in [0.15, 0.2) is 0 Å². The molecule has 0 aromatic rings. The van der Waals surface area contributed by atoms with Gasteiger partial charge in [-0.25, -0.2) is 0 Å². The molecule has 0 aromatic heterocycles. The van der Waals surface area contributed by atoms with E-state index < -0.39 is 0 Å². The van der Waals surface area contributed by atoms with Crippen molar-refractivity contribution in [1.82, 2.24) is 0 Å². The van der Waals surface area contributed by atoms with Crippen molar-refractivity contribution in [2.45, 2.75) is 50.5 Å². The Bertz CT molecular complexity index is 265. The summed E-state index contributed by atoms with van der Waals surface area (Å²) in [6.45, 7) is 0.408. The third-order valence-electron chi connectivity index (χ3n) is 4.66. The maximum Gasteiger partial charge on any atom is 0.307 e. The smallest absolute Gasteiger partial charge is 0.307 e. The van der Waals surface area contributed by atoms with Crippen LogP contribution in [0.5, 0.6) is 0 Å². The second-order valence-electron chi connectivity index (χ2n) is 6.11. The average molecular weight is 223 g/mol. The van der Waals surface area contributed by atoms with Gasteiger partial charge >= 0.3 is 5.97 Å². The summed E-state index contributed by atoms with van der Waals surface area (Å²) >= 11 is 0. The highest BCUT2D eigenvalue weighted by Crippen LogP contribution is 2.57. The fraction of sp³-hybridized carbons (Fsp3) is 0.923. The van der Waals surface area contributed by atoms with Crippen LogP contribution in [0.2, 0.25) is 0 Å². The Balaban J connectivity index is 1.71. The van der Waals surface area contributed by atoms with Gasteiger partial charge in [-0.2, -0.15) is 0 Å². The first-order chi connectivity index (χ1) is 7.69. The van der Waals surface area contributed by atoms with E-state index in [1.165, 1.54) is 19.3 Å². The van der Waals surface area contributed by atoms with E-state index in [4.69, 9.17) is 10.5 Å². The number of rotatable bonds is 3. The molecule has 2 N–H and O–H groups in total. The van der Waals surface area contributed by atoms with E-state index in [0.717, 1.165) is 37.0 Å². The van der Waals surface area contributed by atoms with E-state index in [9.17, 15) is 4.79 Å². The van der Waals surface area contributed by atoms with Crippen LogP contribution in [0.4, 0.5) is 0 Å². The fourth-order valence-corrected chi connectivity index (χ4v) is 4.57. The molecule has 0 atom stereocenters. The lowest BCUT2D eigenvalue weighted by Gasteiger charge is -2.55. The van der Waals surface area contributed by atoms with Crippen LogP contribution in [-0.2, 0) is 9.53 Å². The number of hydrogen-bond donors (Lipinski definition) is 1. The van der Waals surface area contributed by atoms with Gasteiger partial charge in [-0.1, -0.05) is 0 Å². The van der Waals surface area contributed by atoms with Crippen LogP contribution >= 0.6 is 0 Å². The molecule has 0 spiro atoms. The number of ether oxygens (including phenoxy) is 1. The third kappa shape index (κ3) is 1.75. The normalized spacial score (nSPS) is 44.7. The molecule has 4 saturated carbocycles. The number of nitrogens with two attached hydrogens (primary N) is 1. The van der Waals surface area contributed by atoms with Crippen molar-refractivity contribution in [2.24, 2.45) is 23.5 Å². The molecule has 16 heavy (non-hydrogen) atoms. The van der Waals surface area contributed by atoms with Crippen molar-refractivity contribution >= 4 is 5.97 Å². The zero-order valence-electron chi connectivity index (χ0n) is 9.78. The Morgan fingerprint density at radius 2 is 1.62 bits per heavy atom. The Morgan fingerprint density at radius 1 is 1.12 bits per heavy atom. The van der Waals surface area contributed by atoms with E-state index in [1.807, 2.05) is 0 Å². The van der Waals surface area contributed by atoms with Gasteiger partial charge in [0, 0.05) is 6.54 Å². The zero-order valence-corrected chi connectivity index (χ0v) is 9.78. The van der Waals surface area contributed by atoms with Gasteiger partial charge < -0.3 is 10.5 Å². The molecule has 3 nitrogen and oxygen atoms in total. The SMILES string of the molecule is NCCC(=O)OC12CC3CC(CC(C3)C1)C2. The van der Waals surface area contributed by atoms with E-state index >= 15 is 0 Å². The number of carbonyl (C=O) groups excluding carboxylic acids is 1. The standard InChI is InChI=1S/C13H21NO2/c14-2-1-12(15)16-13-6-9-3-10(7-13)5-11(4-9)8-13/h9-11H,1-8,14H2. The van der Waals surface area contributed by atoms with E-state index in [0.29, 0.717) is 13.0 Å². The molecule has 4 aliphatic rings. The first-order valence-corrected chi connectivity index (χ1v) is 6.61. The monoisotopic (exact) mass is 223 g/mol. The summed E-state index contributed by atoms with van der Waals surface area (Å²) < 4.78 is 5.77. The number of esters is 1. The highest BCUT2D eigenvalue weighted by atomic mass is 16.6. The van der Waals surface area contributed by atoms with Crippen LogP contribution in [0.25, 0.3) is 0 Å². The molecule has 3 heteroatoms. The number of carbonyl (C=O) groups is 1. The van der Waals surface area contributed by atoms with Crippen LogP contribution in [0.3, 0.4) is 0 Å².